The molecule has 0 aliphatic carbocycles. The number of aliphatic carboxylic acids is 2. The quantitative estimate of drug-likeness (QED) is 0.307. The molecule has 0 bridgehead atoms. The number of nitrogens with one attached hydrogen (secondary N) is 3. The lowest BCUT2D eigenvalue weighted by atomic mass is 10.0. The molecule has 0 fully saturated rings. The average Bonchev–Trinajstić information content (AvgIpc) is 3.07. The van der Waals surface area contributed by atoms with Gasteiger partial charge in [-0.1, -0.05) is 12.1 Å². The van der Waals surface area contributed by atoms with E-state index in [2.05, 4.69) is 20.3 Å². The van der Waals surface area contributed by atoms with E-state index in [1.807, 2.05) is 0 Å². The number of benzene rings is 1. The minimum absolute atomic E-state index is 0.0132. The molecule has 0 radical (unpaired) electrons. The number of aromatic amines is 2. The third-order valence-corrected chi connectivity index (χ3v) is 4.50. The van der Waals surface area contributed by atoms with Crippen LogP contribution in [0.3, 0.4) is 0 Å². The minimum atomic E-state index is -1.31. The monoisotopic (exact) mass is 413 g/mol. The van der Waals surface area contributed by atoms with Crippen LogP contribution in [0.2, 0.25) is 0 Å². The number of fused-ring (bicyclic) bond motifs is 1. The van der Waals surface area contributed by atoms with Gasteiger partial charge in [0.25, 0.3) is 11.5 Å². The number of nitrogen functional groups attached to an aromatic ring is 1. The molecule has 1 amide bonds. The number of carbonyl (C=O) groups is 3. The van der Waals surface area contributed by atoms with Crippen molar-refractivity contribution in [2.24, 2.45) is 0 Å². The Hall–Kier alpha value is -4.15. The molecule has 156 valence electrons. The number of H-pyrrole nitrogens is 2. The van der Waals surface area contributed by atoms with E-state index in [9.17, 15) is 19.2 Å². The van der Waals surface area contributed by atoms with Crippen LogP contribution < -0.4 is 16.6 Å². The van der Waals surface area contributed by atoms with E-state index in [1.54, 1.807) is 18.3 Å². The number of rotatable bonds is 8. The van der Waals surface area contributed by atoms with Gasteiger partial charge in [0.05, 0.1) is 5.39 Å². The average molecular weight is 413 g/mol. The van der Waals surface area contributed by atoms with Gasteiger partial charge in [0.15, 0.2) is 0 Å². The van der Waals surface area contributed by atoms with Gasteiger partial charge in [-0.3, -0.25) is 19.4 Å². The third kappa shape index (κ3) is 4.63. The number of nitrogens with two attached hydrogens (primary N) is 1. The van der Waals surface area contributed by atoms with E-state index < -0.39 is 23.9 Å². The van der Waals surface area contributed by atoms with Crippen LogP contribution in [0, 0.1) is 0 Å². The predicted octanol–water partition coefficient (Wildman–Crippen LogP) is 0.472. The van der Waals surface area contributed by atoms with Crippen molar-refractivity contribution >= 4 is 34.8 Å². The standard InChI is InChI=1S/C19H19N5O6/c20-19-23-15-14(17(28)24-19)11(8-21-15)7-9-1-3-10(4-2-9)16(27)22-12(18(29)30)5-6-13(25)26/h1-4,8,12H,5-7H2,(H,22,27)(H,25,26)(H,29,30)(H4,20,21,23,24,28)/t12-/m1/s1. The van der Waals surface area contributed by atoms with Gasteiger partial charge in [0.2, 0.25) is 5.95 Å². The number of hydrogen-bond acceptors (Lipinski definition) is 6. The van der Waals surface area contributed by atoms with Crippen LogP contribution in [-0.2, 0) is 16.0 Å². The largest absolute Gasteiger partial charge is 0.481 e. The van der Waals surface area contributed by atoms with E-state index in [0.717, 1.165) is 5.56 Å². The molecule has 11 heteroatoms. The summed E-state index contributed by atoms with van der Waals surface area (Å²) in [6.07, 6.45) is 1.46. The summed E-state index contributed by atoms with van der Waals surface area (Å²) in [5, 5.41) is 20.5. The van der Waals surface area contributed by atoms with Crippen molar-refractivity contribution in [3.8, 4) is 0 Å². The van der Waals surface area contributed by atoms with Gasteiger partial charge in [-0.25, -0.2) is 4.79 Å². The fourth-order valence-corrected chi connectivity index (χ4v) is 3.02. The number of carboxylic acid groups (broad SMARTS) is 2. The summed E-state index contributed by atoms with van der Waals surface area (Å²) in [6.45, 7) is 0. The van der Waals surface area contributed by atoms with Gasteiger partial charge in [0, 0.05) is 18.2 Å². The molecule has 0 saturated heterocycles. The highest BCUT2D eigenvalue weighted by Crippen LogP contribution is 2.17. The van der Waals surface area contributed by atoms with Crippen molar-refractivity contribution in [3.05, 3.63) is 57.5 Å². The van der Waals surface area contributed by atoms with Crippen LogP contribution in [0.1, 0.15) is 34.3 Å². The lowest BCUT2D eigenvalue weighted by Gasteiger charge is -2.13. The van der Waals surface area contributed by atoms with Gasteiger partial charge < -0.3 is 26.2 Å². The van der Waals surface area contributed by atoms with Crippen molar-refractivity contribution in [1.82, 2.24) is 20.3 Å². The summed E-state index contributed by atoms with van der Waals surface area (Å²) in [4.78, 5) is 55.7. The molecular formula is C19H19N5O6. The van der Waals surface area contributed by atoms with Crippen LogP contribution >= 0.6 is 0 Å². The number of nitrogens with zero attached hydrogens (tertiary/aromatic N) is 1. The Labute approximate surface area is 168 Å². The topological polar surface area (TPSA) is 191 Å². The van der Waals surface area contributed by atoms with Crippen LogP contribution in [0.15, 0.2) is 35.3 Å². The fourth-order valence-electron chi connectivity index (χ4n) is 3.02. The Morgan fingerprint density at radius 2 is 1.87 bits per heavy atom. The first kappa shape index (κ1) is 20.6. The van der Waals surface area contributed by atoms with Crippen LogP contribution in [0.4, 0.5) is 5.95 Å². The molecule has 3 aromatic rings. The molecule has 3 rings (SSSR count). The Bertz CT molecular complexity index is 1160. The molecule has 0 unspecified atom stereocenters. The van der Waals surface area contributed by atoms with Gasteiger partial charge in [0.1, 0.15) is 11.7 Å². The molecular weight excluding hydrogens is 394 g/mol. The highest BCUT2D eigenvalue weighted by Gasteiger charge is 2.21. The molecule has 0 aliphatic rings. The Balaban J connectivity index is 1.72. The Morgan fingerprint density at radius 3 is 2.50 bits per heavy atom. The maximum atomic E-state index is 12.3. The van der Waals surface area contributed by atoms with E-state index in [0.29, 0.717) is 23.0 Å². The minimum Gasteiger partial charge on any atom is -0.481 e. The van der Waals surface area contributed by atoms with Gasteiger partial charge in [-0.15, -0.1) is 0 Å². The number of carbonyl (C=O) groups excluding carboxylic acids is 1. The zero-order valence-electron chi connectivity index (χ0n) is 15.6. The maximum absolute atomic E-state index is 12.3. The number of amides is 1. The summed E-state index contributed by atoms with van der Waals surface area (Å²) in [5.74, 6) is -3.06. The van der Waals surface area contributed by atoms with E-state index in [1.165, 1.54) is 12.1 Å². The molecule has 0 spiro atoms. The molecule has 7 N–H and O–H groups in total. The first-order valence-electron chi connectivity index (χ1n) is 8.94. The fraction of sp³-hybridized carbons (Fsp3) is 0.211. The smallest absolute Gasteiger partial charge is 0.326 e. The zero-order chi connectivity index (χ0) is 21.8. The summed E-state index contributed by atoms with van der Waals surface area (Å²) in [5.41, 5.74) is 7.29. The highest BCUT2D eigenvalue weighted by molar-refractivity contribution is 5.96. The van der Waals surface area contributed by atoms with Crippen molar-refractivity contribution in [1.29, 1.82) is 0 Å². The third-order valence-electron chi connectivity index (χ3n) is 4.50. The second-order valence-corrected chi connectivity index (χ2v) is 6.66. The number of carboxylic acids is 2. The number of aromatic nitrogens is 3. The number of anilines is 1. The maximum Gasteiger partial charge on any atom is 0.326 e. The van der Waals surface area contributed by atoms with E-state index in [-0.39, 0.29) is 29.9 Å². The van der Waals surface area contributed by atoms with Crippen LogP contribution in [0.5, 0.6) is 0 Å². The Morgan fingerprint density at radius 1 is 1.17 bits per heavy atom. The van der Waals surface area contributed by atoms with Crippen molar-refractivity contribution < 1.29 is 24.6 Å². The summed E-state index contributed by atoms with van der Waals surface area (Å²) >= 11 is 0. The molecule has 2 heterocycles. The lowest BCUT2D eigenvalue weighted by Crippen LogP contribution is -2.41. The Kier molecular flexibility index (Phi) is 5.81. The van der Waals surface area contributed by atoms with Crippen LogP contribution in [-0.4, -0.2) is 49.1 Å². The van der Waals surface area contributed by atoms with Gasteiger partial charge in [-0.2, -0.15) is 4.98 Å². The van der Waals surface area contributed by atoms with Gasteiger partial charge >= 0.3 is 11.9 Å². The van der Waals surface area contributed by atoms with E-state index in [4.69, 9.17) is 15.9 Å². The SMILES string of the molecule is Nc1nc2[nH]cc(Cc3ccc(C(=O)N[C@H](CCC(=O)O)C(=O)O)cc3)c2c(=O)[nH]1. The van der Waals surface area contributed by atoms with Gasteiger partial charge in [-0.05, 0) is 36.1 Å². The summed E-state index contributed by atoms with van der Waals surface area (Å²) in [6, 6.07) is 5.11. The molecule has 1 atom stereocenters. The summed E-state index contributed by atoms with van der Waals surface area (Å²) < 4.78 is 0. The lowest BCUT2D eigenvalue weighted by molar-refractivity contribution is -0.140. The molecule has 11 nitrogen and oxygen atoms in total. The van der Waals surface area contributed by atoms with Crippen molar-refractivity contribution in [3.63, 3.8) is 0 Å². The normalized spacial score (nSPS) is 11.9. The molecule has 2 aromatic heterocycles. The second kappa shape index (κ2) is 8.47. The molecule has 30 heavy (non-hydrogen) atoms. The first-order chi connectivity index (χ1) is 14.2. The van der Waals surface area contributed by atoms with Crippen LogP contribution in [0.25, 0.3) is 11.0 Å². The summed E-state index contributed by atoms with van der Waals surface area (Å²) in [7, 11) is 0. The highest BCUT2D eigenvalue weighted by atomic mass is 16.4. The molecule has 0 saturated carbocycles. The molecule has 0 aliphatic heterocycles. The molecule has 1 aromatic carbocycles. The van der Waals surface area contributed by atoms with Crippen molar-refractivity contribution in [2.45, 2.75) is 25.3 Å². The predicted molar refractivity (Wildman–Crippen MR) is 106 cm³/mol. The van der Waals surface area contributed by atoms with Crippen molar-refractivity contribution in [2.75, 3.05) is 5.73 Å². The zero-order valence-corrected chi connectivity index (χ0v) is 15.6. The van der Waals surface area contributed by atoms with E-state index >= 15 is 0 Å². The first-order valence-corrected chi connectivity index (χ1v) is 8.94. The number of hydrogen-bond donors (Lipinski definition) is 6. The second-order valence-electron chi connectivity index (χ2n) is 6.66.